The molecule has 1 saturated heterocycles. The Hall–Kier alpha value is -1.96. The quantitative estimate of drug-likeness (QED) is 0.727. The van der Waals surface area contributed by atoms with E-state index in [-0.39, 0.29) is 11.6 Å². The fraction of sp³-hybridized carbons (Fsp3) is 0.400. The average Bonchev–Trinajstić information content (AvgIpc) is 2.66. The van der Waals surface area contributed by atoms with Gasteiger partial charge in [0, 0.05) is 38.3 Å². The molecule has 1 heterocycles. The van der Waals surface area contributed by atoms with Crippen LogP contribution in [0.1, 0.15) is 18.1 Å². The second-order valence-electron chi connectivity index (χ2n) is 6.60. The van der Waals surface area contributed by atoms with Crippen LogP contribution >= 0.6 is 0 Å². The third kappa shape index (κ3) is 5.28. The Bertz CT molecular complexity index is 848. The fourth-order valence-corrected chi connectivity index (χ4v) is 4.74. The van der Waals surface area contributed by atoms with E-state index in [1.54, 1.807) is 0 Å². The summed E-state index contributed by atoms with van der Waals surface area (Å²) < 4.78 is 45.5. The van der Waals surface area contributed by atoms with Gasteiger partial charge in [-0.15, -0.1) is 0 Å². The zero-order valence-corrected chi connectivity index (χ0v) is 16.3. The molecule has 0 aromatic heterocycles. The maximum absolute atomic E-state index is 13.0. The van der Waals surface area contributed by atoms with Crippen molar-refractivity contribution >= 4 is 10.0 Å². The van der Waals surface area contributed by atoms with Gasteiger partial charge < -0.3 is 4.74 Å². The van der Waals surface area contributed by atoms with Crippen molar-refractivity contribution in [1.82, 2.24) is 9.21 Å². The monoisotopic (exact) mass is 392 g/mol. The van der Waals surface area contributed by atoms with E-state index < -0.39 is 10.0 Å². The Kier molecular flexibility index (Phi) is 6.46. The maximum Gasteiger partial charge on any atom is 0.218 e. The van der Waals surface area contributed by atoms with Gasteiger partial charge in [0.05, 0.1) is 12.4 Å². The molecule has 0 atom stereocenters. The van der Waals surface area contributed by atoms with Crippen LogP contribution in [0.3, 0.4) is 0 Å². The first kappa shape index (κ1) is 19.8. The lowest BCUT2D eigenvalue weighted by Crippen LogP contribution is -2.48. The van der Waals surface area contributed by atoms with Crippen molar-refractivity contribution < 1.29 is 17.5 Å². The molecule has 1 fully saturated rings. The van der Waals surface area contributed by atoms with Crippen molar-refractivity contribution in [2.24, 2.45) is 0 Å². The number of halogens is 1. The Morgan fingerprint density at radius 1 is 1.00 bits per heavy atom. The highest BCUT2D eigenvalue weighted by molar-refractivity contribution is 7.88. The molecular weight excluding hydrogens is 367 g/mol. The van der Waals surface area contributed by atoms with E-state index in [2.05, 4.69) is 4.90 Å². The molecule has 0 bridgehead atoms. The molecule has 2 aromatic rings. The Balaban J connectivity index is 1.57. The number of rotatable bonds is 7. The molecule has 1 aliphatic rings. The predicted octanol–water partition coefficient (Wildman–Crippen LogP) is 2.87. The molecule has 0 radical (unpaired) electrons. The lowest BCUT2D eigenvalue weighted by Gasteiger charge is -2.34. The standard InChI is InChI=1S/C20H25FN2O3S/c1-2-26-20-6-4-3-5-18(20)15-22-11-13-23(14-12-22)27(24,25)16-17-7-9-19(21)10-8-17/h3-10H,2,11-16H2,1H3. The topological polar surface area (TPSA) is 49.9 Å². The van der Waals surface area contributed by atoms with E-state index >= 15 is 0 Å². The van der Waals surface area contributed by atoms with Gasteiger partial charge in [-0.1, -0.05) is 30.3 Å². The summed E-state index contributed by atoms with van der Waals surface area (Å²) in [6.07, 6.45) is 0. The molecule has 0 spiro atoms. The number of sulfonamides is 1. The van der Waals surface area contributed by atoms with Crippen molar-refractivity contribution in [3.05, 3.63) is 65.5 Å². The average molecular weight is 392 g/mol. The zero-order chi connectivity index (χ0) is 19.3. The van der Waals surface area contributed by atoms with Crippen molar-refractivity contribution in [2.45, 2.75) is 19.2 Å². The predicted molar refractivity (Wildman–Crippen MR) is 103 cm³/mol. The lowest BCUT2D eigenvalue weighted by atomic mass is 10.2. The third-order valence-electron chi connectivity index (χ3n) is 4.65. The fourth-order valence-electron chi connectivity index (χ4n) is 3.22. The largest absolute Gasteiger partial charge is 0.494 e. The van der Waals surface area contributed by atoms with E-state index in [1.165, 1.54) is 28.6 Å². The minimum atomic E-state index is -3.40. The molecule has 1 aliphatic heterocycles. The minimum absolute atomic E-state index is 0.0968. The van der Waals surface area contributed by atoms with Crippen molar-refractivity contribution in [3.63, 3.8) is 0 Å². The van der Waals surface area contributed by atoms with E-state index in [1.807, 2.05) is 31.2 Å². The van der Waals surface area contributed by atoms with Crippen LogP contribution in [-0.2, 0) is 22.3 Å². The summed E-state index contributed by atoms with van der Waals surface area (Å²) in [5.41, 5.74) is 1.71. The van der Waals surface area contributed by atoms with Crippen LogP contribution in [0.25, 0.3) is 0 Å². The number of piperazine rings is 1. The van der Waals surface area contributed by atoms with Gasteiger partial charge in [-0.25, -0.2) is 12.8 Å². The first-order valence-electron chi connectivity index (χ1n) is 9.13. The van der Waals surface area contributed by atoms with Gasteiger partial charge >= 0.3 is 0 Å². The summed E-state index contributed by atoms with van der Waals surface area (Å²) in [7, 11) is -3.40. The number of nitrogens with zero attached hydrogens (tertiary/aromatic N) is 2. The van der Waals surface area contributed by atoms with Gasteiger partial charge in [0.1, 0.15) is 11.6 Å². The summed E-state index contributed by atoms with van der Waals surface area (Å²) in [4.78, 5) is 2.24. The summed E-state index contributed by atoms with van der Waals surface area (Å²) >= 11 is 0. The molecule has 2 aromatic carbocycles. The number of ether oxygens (including phenoxy) is 1. The molecule has 3 rings (SSSR count). The van der Waals surface area contributed by atoms with Gasteiger partial charge in [-0.05, 0) is 30.7 Å². The van der Waals surface area contributed by atoms with Crippen LogP contribution < -0.4 is 4.74 Å². The van der Waals surface area contributed by atoms with Crippen LogP contribution in [0.15, 0.2) is 48.5 Å². The SMILES string of the molecule is CCOc1ccccc1CN1CCN(S(=O)(=O)Cc2ccc(F)cc2)CC1. The second-order valence-corrected chi connectivity index (χ2v) is 8.57. The van der Waals surface area contributed by atoms with E-state index in [9.17, 15) is 12.8 Å². The van der Waals surface area contributed by atoms with Crippen molar-refractivity contribution in [3.8, 4) is 5.75 Å². The molecule has 0 amide bonds. The maximum atomic E-state index is 13.0. The first-order valence-corrected chi connectivity index (χ1v) is 10.7. The second kappa shape index (κ2) is 8.82. The summed E-state index contributed by atoms with van der Waals surface area (Å²) in [6, 6.07) is 13.6. The highest BCUT2D eigenvalue weighted by atomic mass is 32.2. The molecule has 5 nitrogen and oxygen atoms in total. The van der Waals surface area contributed by atoms with Gasteiger partial charge in [-0.2, -0.15) is 4.31 Å². The molecular formula is C20H25FN2O3S. The van der Waals surface area contributed by atoms with Gasteiger partial charge in [0.15, 0.2) is 0 Å². The smallest absolute Gasteiger partial charge is 0.218 e. The van der Waals surface area contributed by atoms with E-state index in [0.717, 1.165) is 17.9 Å². The number of para-hydroxylation sites is 1. The van der Waals surface area contributed by atoms with Crippen molar-refractivity contribution in [1.29, 1.82) is 0 Å². The van der Waals surface area contributed by atoms with Gasteiger partial charge in [-0.3, -0.25) is 4.90 Å². The van der Waals surface area contributed by atoms with Crippen LogP contribution in [-0.4, -0.2) is 50.4 Å². The Labute approximate surface area is 160 Å². The highest BCUT2D eigenvalue weighted by Crippen LogP contribution is 2.21. The van der Waals surface area contributed by atoms with Crippen LogP contribution in [0, 0.1) is 5.82 Å². The molecule has 0 unspecified atom stereocenters. The molecule has 7 heteroatoms. The Morgan fingerprint density at radius 2 is 1.67 bits per heavy atom. The van der Waals surface area contributed by atoms with E-state index in [0.29, 0.717) is 38.3 Å². The number of hydrogen-bond acceptors (Lipinski definition) is 4. The molecule has 27 heavy (non-hydrogen) atoms. The van der Waals surface area contributed by atoms with Crippen LogP contribution in [0.4, 0.5) is 4.39 Å². The molecule has 0 N–H and O–H groups in total. The van der Waals surface area contributed by atoms with Gasteiger partial charge in [0.25, 0.3) is 0 Å². The number of hydrogen-bond donors (Lipinski definition) is 0. The normalized spacial score (nSPS) is 16.4. The summed E-state index contributed by atoms with van der Waals surface area (Å²) in [5, 5.41) is 0. The molecule has 146 valence electrons. The Morgan fingerprint density at radius 3 is 2.33 bits per heavy atom. The third-order valence-corrected chi connectivity index (χ3v) is 6.50. The van der Waals surface area contributed by atoms with E-state index in [4.69, 9.17) is 4.74 Å². The molecule has 0 saturated carbocycles. The number of benzene rings is 2. The summed E-state index contributed by atoms with van der Waals surface area (Å²) in [6.45, 7) is 5.57. The lowest BCUT2D eigenvalue weighted by molar-refractivity contribution is 0.179. The summed E-state index contributed by atoms with van der Waals surface area (Å²) in [5.74, 6) is 0.420. The van der Waals surface area contributed by atoms with Crippen LogP contribution in [0.2, 0.25) is 0 Å². The van der Waals surface area contributed by atoms with Crippen LogP contribution in [0.5, 0.6) is 5.75 Å². The van der Waals surface area contributed by atoms with Gasteiger partial charge in [0.2, 0.25) is 10.0 Å². The highest BCUT2D eigenvalue weighted by Gasteiger charge is 2.27. The molecule has 0 aliphatic carbocycles. The minimum Gasteiger partial charge on any atom is -0.494 e. The van der Waals surface area contributed by atoms with Crippen molar-refractivity contribution in [2.75, 3.05) is 32.8 Å². The first-order chi connectivity index (χ1) is 13.0. The zero-order valence-electron chi connectivity index (χ0n) is 15.5.